The smallest absolute Gasteiger partial charge is 0.198 e. The van der Waals surface area contributed by atoms with Crippen LogP contribution in [0, 0.1) is 0 Å². The molecule has 0 atom stereocenters. The number of nitrogens with zero attached hydrogens (tertiary/aromatic N) is 1. The van der Waals surface area contributed by atoms with E-state index in [0.29, 0.717) is 0 Å². The Balaban J connectivity index is 1.31. The Labute approximate surface area is 327 Å². The van der Waals surface area contributed by atoms with E-state index in [2.05, 4.69) is 189 Å². The predicted octanol–water partition coefficient (Wildman–Crippen LogP) is 12.7. The number of benzene rings is 6. The molecule has 55 heavy (non-hydrogen) atoms. The van der Waals surface area contributed by atoms with Crippen LogP contribution in [0.15, 0.2) is 114 Å². The Morgan fingerprint density at radius 1 is 0.655 bits per heavy atom. The van der Waals surface area contributed by atoms with Crippen molar-refractivity contribution in [2.75, 3.05) is 10.2 Å². The normalized spacial score (nSPS) is 17.2. The van der Waals surface area contributed by atoms with Crippen molar-refractivity contribution < 1.29 is 4.42 Å². The van der Waals surface area contributed by atoms with Crippen LogP contribution >= 0.6 is 0 Å². The highest BCUT2D eigenvalue weighted by Crippen LogP contribution is 2.55. The molecule has 3 nitrogen and oxygen atoms in total. The van der Waals surface area contributed by atoms with E-state index >= 15 is 0 Å². The zero-order valence-corrected chi connectivity index (χ0v) is 33.7. The lowest BCUT2D eigenvalue weighted by molar-refractivity contribution is 0.332. The van der Waals surface area contributed by atoms with Gasteiger partial charge in [0.05, 0.1) is 5.69 Å². The van der Waals surface area contributed by atoms with Crippen molar-refractivity contribution >= 4 is 68.6 Å². The van der Waals surface area contributed by atoms with Crippen LogP contribution in [0.2, 0.25) is 0 Å². The first kappa shape index (κ1) is 34.3. The molecule has 0 unspecified atom stereocenters. The van der Waals surface area contributed by atoms with Gasteiger partial charge in [-0.2, -0.15) is 0 Å². The van der Waals surface area contributed by atoms with E-state index in [4.69, 9.17) is 4.42 Å². The van der Waals surface area contributed by atoms with E-state index in [9.17, 15) is 0 Å². The van der Waals surface area contributed by atoms with Crippen LogP contribution in [0.4, 0.5) is 28.4 Å². The summed E-state index contributed by atoms with van der Waals surface area (Å²) >= 11 is 0. The number of para-hydroxylation sites is 3. The Hall–Kier alpha value is -5.22. The summed E-state index contributed by atoms with van der Waals surface area (Å²) in [4.78, 5) is 2.55. The third-order valence-electron chi connectivity index (χ3n) is 13.3. The van der Waals surface area contributed by atoms with Crippen molar-refractivity contribution in [3.8, 4) is 11.1 Å². The minimum absolute atomic E-state index is 0.0247. The van der Waals surface area contributed by atoms with Crippen molar-refractivity contribution in [1.82, 2.24) is 0 Å². The first-order chi connectivity index (χ1) is 26.1. The lowest BCUT2D eigenvalue weighted by atomic mass is 9.55. The Morgan fingerprint density at radius 2 is 1.33 bits per heavy atom. The summed E-state index contributed by atoms with van der Waals surface area (Å²) < 4.78 is 7.03. The first-order valence-corrected chi connectivity index (χ1v) is 20.1. The molecule has 0 fully saturated rings. The molecule has 1 N–H and O–H groups in total. The van der Waals surface area contributed by atoms with E-state index in [1.165, 1.54) is 61.4 Å². The topological polar surface area (TPSA) is 28.4 Å². The van der Waals surface area contributed by atoms with Gasteiger partial charge in [0.2, 0.25) is 0 Å². The zero-order chi connectivity index (χ0) is 38.2. The molecule has 0 bridgehead atoms. The number of furan rings is 1. The minimum atomic E-state index is -0.143. The highest BCUT2D eigenvalue weighted by molar-refractivity contribution is 6.74. The molecule has 10 rings (SSSR count). The molecule has 3 aliphatic rings. The van der Waals surface area contributed by atoms with E-state index in [0.717, 1.165) is 51.7 Å². The Morgan fingerprint density at radius 3 is 2.07 bits per heavy atom. The molecule has 273 valence electrons. The molecule has 6 aromatic carbocycles. The standard InChI is InChI=1S/C51H50BN2O/c1-48(2,3)30-21-23-31(24-22-30)53-40-29-38-37(49(4,5)25-26-50(38,6)7)27-34(40)44-45-42(28-33-32-15-10-13-20-43(32)55-47(33)44)54-41-19-12-11-16-35(41)51(8,9)36-17-14-18-39(52-45)46(36)54/h10-24,27-29,53H,25-26H2,1-9H3. The Bertz CT molecular complexity index is 2720. The summed E-state index contributed by atoms with van der Waals surface area (Å²) in [6, 6.07) is 40.8. The fraction of sp³-hybridized carbons (Fsp3) is 0.294. The largest absolute Gasteiger partial charge is 0.455 e. The summed E-state index contributed by atoms with van der Waals surface area (Å²) in [6.45, 7) is 21.3. The van der Waals surface area contributed by atoms with Gasteiger partial charge in [-0.15, -0.1) is 0 Å². The van der Waals surface area contributed by atoms with Crippen LogP contribution in [-0.4, -0.2) is 7.28 Å². The average molecular weight is 718 g/mol. The second-order valence-corrected chi connectivity index (χ2v) is 19.2. The van der Waals surface area contributed by atoms with Crippen LogP contribution in [0.5, 0.6) is 0 Å². The average Bonchev–Trinajstić information content (AvgIpc) is 3.52. The van der Waals surface area contributed by atoms with E-state index in [1.54, 1.807) is 0 Å². The molecule has 3 heterocycles. The molecule has 1 radical (unpaired) electrons. The van der Waals surface area contributed by atoms with Gasteiger partial charge in [-0.3, -0.25) is 0 Å². The van der Waals surface area contributed by atoms with E-state index < -0.39 is 0 Å². The van der Waals surface area contributed by atoms with Crippen molar-refractivity contribution in [2.24, 2.45) is 0 Å². The highest BCUT2D eigenvalue weighted by Gasteiger charge is 2.43. The summed E-state index contributed by atoms with van der Waals surface area (Å²) in [5.74, 6) is 0. The zero-order valence-electron chi connectivity index (χ0n) is 33.7. The molecule has 7 aromatic rings. The fourth-order valence-corrected chi connectivity index (χ4v) is 9.89. The molecule has 0 saturated heterocycles. The van der Waals surface area contributed by atoms with Gasteiger partial charge in [-0.1, -0.05) is 135 Å². The van der Waals surface area contributed by atoms with Gasteiger partial charge < -0.3 is 14.6 Å². The molecule has 0 amide bonds. The first-order valence-electron chi connectivity index (χ1n) is 20.1. The number of rotatable bonds is 3. The number of fused-ring (bicyclic) bond motifs is 8. The third kappa shape index (κ3) is 5.02. The van der Waals surface area contributed by atoms with Gasteiger partial charge in [-0.25, -0.2) is 0 Å². The second-order valence-electron chi connectivity index (χ2n) is 19.2. The third-order valence-corrected chi connectivity index (χ3v) is 13.3. The maximum atomic E-state index is 7.03. The maximum Gasteiger partial charge on any atom is 0.198 e. The molecular formula is C51H50BN2O. The lowest BCUT2D eigenvalue weighted by Crippen LogP contribution is -2.45. The molecular weight excluding hydrogens is 667 g/mol. The van der Waals surface area contributed by atoms with Crippen LogP contribution < -0.4 is 21.1 Å². The summed E-state index contributed by atoms with van der Waals surface area (Å²) in [6.07, 6.45) is 2.29. The number of hydrogen-bond acceptors (Lipinski definition) is 3. The molecule has 0 saturated carbocycles. The van der Waals surface area contributed by atoms with Gasteiger partial charge in [0.1, 0.15) is 11.2 Å². The van der Waals surface area contributed by atoms with Crippen molar-refractivity contribution in [1.29, 1.82) is 0 Å². The number of anilines is 5. The van der Waals surface area contributed by atoms with Crippen molar-refractivity contribution in [3.05, 3.63) is 137 Å². The highest BCUT2D eigenvalue weighted by atomic mass is 16.3. The quantitative estimate of drug-likeness (QED) is 0.185. The molecule has 4 heteroatoms. The van der Waals surface area contributed by atoms with Gasteiger partial charge in [0, 0.05) is 50.1 Å². The number of nitrogens with one attached hydrogen (secondary N) is 1. The molecule has 1 aromatic heterocycles. The SMILES string of the molecule is CC(C)(C)c1ccc(Nc2cc3c(cc2-c2c4c(cc5c2oc2ccccc25)N2c5ccccc5C(C)(C)c5cccc(c52)[B]4)C(C)(C)CCC3(C)C)cc1. The van der Waals surface area contributed by atoms with E-state index in [-0.39, 0.29) is 21.7 Å². The molecule has 1 aliphatic carbocycles. The monoisotopic (exact) mass is 717 g/mol. The molecule has 0 spiro atoms. The summed E-state index contributed by atoms with van der Waals surface area (Å²) in [7, 11) is 2.44. The van der Waals surface area contributed by atoms with Crippen LogP contribution in [-0.2, 0) is 21.7 Å². The number of hydrogen-bond donors (Lipinski definition) is 1. The van der Waals surface area contributed by atoms with Gasteiger partial charge in [-0.05, 0) is 105 Å². The van der Waals surface area contributed by atoms with Gasteiger partial charge in [0.15, 0.2) is 7.28 Å². The maximum absolute atomic E-state index is 7.03. The lowest BCUT2D eigenvalue weighted by Gasteiger charge is -2.46. The summed E-state index contributed by atoms with van der Waals surface area (Å²) in [5.41, 5.74) is 19.3. The van der Waals surface area contributed by atoms with E-state index in [1.807, 2.05) is 0 Å². The molecule has 2 aliphatic heterocycles. The van der Waals surface area contributed by atoms with Crippen LogP contribution in [0.1, 0.15) is 103 Å². The van der Waals surface area contributed by atoms with Gasteiger partial charge in [0.25, 0.3) is 0 Å². The van der Waals surface area contributed by atoms with Gasteiger partial charge >= 0.3 is 0 Å². The van der Waals surface area contributed by atoms with Crippen LogP contribution in [0.3, 0.4) is 0 Å². The fourth-order valence-electron chi connectivity index (χ4n) is 9.89. The van der Waals surface area contributed by atoms with Crippen molar-refractivity contribution in [3.63, 3.8) is 0 Å². The van der Waals surface area contributed by atoms with Crippen molar-refractivity contribution in [2.45, 2.75) is 96.8 Å². The Kier molecular flexibility index (Phi) is 7.12. The predicted molar refractivity (Wildman–Crippen MR) is 235 cm³/mol. The summed E-state index contributed by atoms with van der Waals surface area (Å²) in [5, 5.41) is 6.27. The van der Waals surface area contributed by atoms with Crippen LogP contribution in [0.25, 0.3) is 33.1 Å². The second kappa shape index (κ2) is 11.4. The minimum Gasteiger partial charge on any atom is -0.455 e.